The smallest absolute Gasteiger partial charge is 0.257 e. The highest BCUT2D eigenvalue weighted by Crippen LogP contribution is 2.18. The Morgan fingerprint density at radius 3 is 2.71 bits per heavy atom. The van der Waals surface area contributed by atoms with Gasteiger partial charge in [-0.05, 0) is 37.6 Å². The molecule has 1 saturated heterocycles. The van der Waals surface area contributed by atoms with Crippen LogP contribution in [0.2, 0.25) is 5.02 Å². The van der Waals surface area contributed by atoms with Gasteiger partial charge in [0.2, 0.25) is 0 Å². The highest BCUT2D eigenvalue weighted by Gasteiger charge is 2.26. The van der Waals surface area contributed by atoms with E-state index in [2.05, 4.69) is 5.10 Å². The highest BCUT2D eigenvalue weighted by molar-refractivity contribution is 6.30. The molecule has 0 unspecified atom stereocenters. The van der Waals surface area contributed by atoms with Crippen molar-refractivity contribution in [3.05, 3.63) is 46.7 Å². The van der Waals surface area contributed by atoms with Gasteiger partial charge in [-0.15, -0.1) is 0 Å². The van der Waals surface area contributed by atoms with E-state index in [0.29, 0.717) is 23.7 Å². The number of halogens is 1. The summed E-state index contributed by atoms with van der Waals surface area (Å²) in [4.78, 5) is 14.3. The van der Waals surface area contributed by atoms with Crippen molar-refractivity contribution in [2.45, 2.75) is 19.4 Å². The van der Waals surface area contributed by atoms with Crippen molar-refractivity contribution < 1.29 is 4.79 Å². The fourth-order valence-corrected chi connectivity index (χ4v) is 2.66. The molecule has 3 rings (SSSR count). The van der Waals surface area contributed by atoms with Crippen molar-refractivity contribution in [1.29, 1.82) is 0 Å². The van der Waals surface area contributed by atoms with E-state index in [1.807, 2.05) is 19.1 Å². The van der Waals surface area contributed by atoms with E-state index in [0.717, 1.165) is 17.8 Å². The largest absolute Gasteiger partial charge is 0.337 e. The molecule has 1 fully saturated rings. The van der Waals surface area contributed by atoms with Gasteiger partial charge in [-0.3, -0.25) is 4.79 Å². The standard InChI is InChI=1S/C15H17ClN4O/c1-10-14(15(21)19-7-6-12(17)8-19)9-20(18-10)13-4-2-11(16)3-5-13/h2-5,9,12H,6-8,17H2,1H3/t12-/m1/s1. The number of carbonyl (C=O) groups excluding carboxylic acids is 1. The normalized spacial score (nSPS) is 18.2. The molecule has 110 valence electrons. The van der Waals surface area contributed by atoms with Crippen LogP contribution in [0.3, 0.4) is 0 Å². The van der Waals surface area contributed by atoms with Gasteiger partial charge in [0.1, 0.15) is 0 Å². The van der Waals surface area contributed by atoms with E-state index >= 15 is 0 Å². The Morgan fingerprint density at radius 1 is 1.38 bits per heavy atom. The average molecular weight is 305 g/mol. The zero-order valence-corrected chi connectivity index (χ0v) is 12.5. The fourth-order valence-electron chi connectivity index (χ4n) is 2.54. The minimum absolute atomic E-state index is 0.000614. The Morgan fingerprint density at radius 2 is 2.10 bits per heavy atom. The number of benzene rings is 1. The van der Waals surface area contributed by atoms with Crippen LogP contribution in [0, 0.1) is 6.92 Å². The lowest BCUT2D eigenvalue weighted by molar-refractivity contribution is 0.0790. The second-order valence-electron chi connectivity index (χ2n) is 5.35. The first-order chi connectivity index (χ1) is 10.0. The van der Waals surface area contributed by atoms with Crippen LogP contribution in [0.5, 0.6) is 0 Å². The van der Waals surface area contributed by atoms with Crippen LogP contribution >= 0.6 is 11.6 Å². The molecule has 2 aromatic rings. The van der Waals surface area contributed by atoms with Crippen LogP contribution in [0.1, 0.15) is 22.5 Å². The molecule has 0 bridgehead atoms. The van der Waals surface area contributed by atoms with E-state index in [-0.39, 0.29) is 11.9 Å². The van der Waals surface area contributed by atoms with Gasteiger partial charge < -0.3 is 10.6 Å². The van der Waals surface area contributed by atoms with Gasteiger partial charge in [0.25, 0.3) is 5.91 Å². The molecule has 2 heterocycles. The minimum atomic E-state index is 0.000614. The quantitative estimate of drug-likeness (QED) is 0.923. The van der Waals surface area contributed by atoms with Crippen LogP contribution in [0.25, 0.3) is 5.69 Å². The SMILES string of the molecule is Cc1nn(-c2ccc(Cl)cc2)cc1C(=O)N1CC[C@@H](N)C1. The summed E-state index contributed by atoms with van der Waals surface area (Å²) in [5.74, 6) is 0.000614. The Bertz CT molecular complexity index is 665. The lowest BCUT2D eigenvalue weighted by atomic mass is 10.2. The minimum Gasteiger partial charge on any atom is -0.337 e. The number of carbonyl (C=O) groups is 1. The fraction of sp³-hybridized carbons (Fsp3) is 0.333. The lowest BCUT2D eigenvalue weighted by Crippen LogP contribution is -2.32. The second kappa shape index (κ2) is 5.50. The summed E-state index contributed by atoms with van der Waals surface area (Å²) in [5, 5.41) is 5.09. The molecule has 1 aromatic carbocycles. The number of hydrogen-bond donors (Lipinski definition) is 1. The predicted molar refractivity (Wildman–Crippen MR) is 81.8 cm³/mol. The van der Waals surface area contributed by atoms with Crippen molar-refractivity contribution in [2.24, 2.45) is 5.73 Å². The summed E-state index contributed by atoms with van der Waals surface area (Å²) in [6.45, 7) is 3.17. The van der Waals surface area contributed by atoms with Gasteiger partial charge in [0.15, 0.2) is 0 Å². The predicted octanol–water partition coefficient (Wildman–Crippen LogP) is 2.01. The Balaban J connectivity index is 1.87. The Kier molecular flexibility index (Phi) is 3.69. The molecular weight excluding hydrogens is 288 g/mol. The molecule has 1 aliphatic heterocycles. The van der Waals surface area contributed by atoms with E-state index in [9.17, 15) is 4.79 Å². The monoisotopic (exact) mass is 304 g/mol. The van der Waals surface area contributed by atoms with E-state index < -0.39 is 0 Å². The molecule has 0 saturated carbocycles. The molecular formula is C15H17ClN4O. The summed E-state index contributed by atoms with van der Waals surface area (Å²) in [6.07, 6.45) is 2.63. The summed E-state index contributed by atoms with van der Waals surface area (Å²) >= 11 is 5.88. The van der Waals surface area contributed by atoms with Crippen molar-refractivity contribution >= 4 is 17.5 Å². The first-order valence-corrected chi connectivity index (χ1v) is 7.29. The van der Waals surface area contributed by atoms with Crippen molar-refractivity contribution in [1.82, 2.24) is 14.7 Å². The van der Waals surface area contributed by atoms with Crippen LogP contribution in [-0.2, 0) is 0 Å². The number of likely N-dealkylation sites (tertiary alicyclic amines) is 1. The van der Waals surface area contributed by atoms with Crippen LogP contribution in [-0.4, -0.2) is 39.7 Å². The zero-order valence-electron chi connectivity index (χ0n) is 11.8. The van der Waals surface area contributed by atoms with Crippen molar-refractivity contribution in [2.75, 3.05) is 13.1 Å². The maximum atomic E-state index is 12.5. The number of nitrogens with zero attached hydrogens (tertiary/aromatic N) is 3. The highest BCUT2D eigenvalue weighted by atomic mass is 35.5. The Labute approximate surface area is 128 Å². The zero-order chi connectivity index (χ0) is 15.0. The number of amides is 1. The molecule has 1 atom stereocenters. The Hall–Kier alpha value is -1.85. The summed E-state index contributed by atoms with van der Waals surface area (Å²) in [5.41, 5.74) is 8.08. The molecule has 0 spiro atoms. The molecule has 21 heavy (non-hydrogen) atoms. The van der Waals surface area contributed by atoms with Gasteiger partial charge in [-0.25, -0.2) is 4.68 Å². The summed E-state index contributed by atoms with van der Waals surface area (Å²) in [6, 6.07) is 7.42. The molecule has 5 nitrogen and oxygen atoms in total. The van der Waals surface area contributed by atoms with Crippen LogP contribution in [0.4, 0.5) is 0 Å². The van der Waals surface area contributed by atoms with Crippen molar-refractivity contribution in [3.63, 3.8) is 0 Å². The third-order valence-corrected chi connectivity index (χ3v) is 3.98. The third-order valence-electron chi connectivity index (χ3n) is 3.73. The topological polar surface area (TPSA) is 64.2 Å². The second-order valence-corrected chi connectivity index (χ2v) is 5.79. The molecule has 6 heteroatoms. The molecule has 0 radical (unpaired) electrons. The number of aryl methyl sites for hydroxylation is 1. The third kappa shape index (κ3) is 2.80. The summed E-state index contributed by atoms with van der Waals surface area (Å²) < 4.78 is 1.70. The average Bonchev–Trinajstić information content (AvgIpc) is 3.05. The lowest BCUT2D eigenvalue weighted by Gasteiger charge is -2.14. The summed E-state index contributed by atoms with van der Waals surface area (Å²) in [7, 11) is 0. The van der Waals surface area contributed by atoms with Gasteiger partial charge in [0, 0.05) is 30.4 Å². The number of rotatable bonds is 2. The van der Waals surface area contributed by atoms with Crippen molar-refractivity contribution in [3.8, 4) is 5.69 Å². The maximum absolute atomic E-state index is 12.5. The van der Waals surface area contributed by atoms with E-state index in [1.165, 1.54) is 0 Å². The first-order valence-electron chi connectivity index (χ1n) is 6.91. The van der Waals surface area contributed by atoms with Crippen LogP contribution < -0.4 is 5.73 Å². The molecule has 1 aliphatic rings. The van der Waals surface area contributed by atoms with Gasteiger partial charge >= 0.3 is 0 Å². The van der Waals surface area contributed by atoms with E-state index in [4.69, 9.17) is 17.3 Å². The van der Waals surface area contributed by atoms with E-state index in [1.54, 1.807) is 27.9 Å². The number of hydrogen-bond acceptors (Lipinski definition) is 3. The van der Waals surface area contributed by atoms with Gasteiger partial charge in [-0.1, -0.05) is 11.6 Å². The molecule has 0 aliphatic carbocycles. The molecule has 2 N–H and O–H groups in total. The maximum Gasteiger partial charge on any atom is 0.257 e. The number of aromatic nitrogens is 2. The first kappa shape index (κ1) is 14.1. The van der Waals surface area contributed by atoms with Crippen LogP contribution in [0.15, 0.2) is 30.5 Å². The molecule has 1 aromatic heterocycles. The number of nitrogens with two attached hydrogens (primary N) is 1. The van der Waals surface area contributed by atoms with Gasteiger partial charge in [-0.2, -0.15) is 5.10 Å². The molecule has 1 amide bonds. The van der Waals surface area contributed by atoms with Gasteiger partial charge in [0.05, 0.1) is 16.9 Å².